The molecule has 2 aromatic heterocycles. The summed E-state index contributed by atoms with van der Waals surface area (Å²) in [5.41, 5.74) is 0.225. The average molecular weight is 483 g/mol. The molecule has 5 rings (SSSR count). The van der Waals surface area contributed by atoms with Crippen LogP contribution in [0.25, 0.3) is 11.3 Å². The average Bonchev–Trinajstić information content (AvgIpc) is 3.35. The summed E-state index contributed by atoms with van der Waals surface area (Å²) in [6, 6.07) is 10.2. The van der Waals surface area contributed by atoms with Crippen LogP contribution in [0.2, 0.25) is 0 Å². The van der Waals surface area contributed by atoms with Crippen molar-refractivity contribution in [3.63, 3.8) is 0 Å². The fourth-order valence-corrected chi connectivity index (χ4v) is 4.72. The van der Waals surface area contributed by atoms with Crippen LogP contribution in [-0.2, 0) is 5.41 Å². The number of alkyl halides is 1. The number of carbonyl (C=O) groups is 1. The molecule has 0 spiro atoms. The summed E-state index contributed by atoms with van der Waals surface area (Å²) in [6.07, 6.45) is 1.66. The number of nitrogens with zero attached hydrogens (tertiary/aromatic N) is 3. The van der Waals surface area contributed by atoms with Crippen molar-refractivity contribution < 1.29 is 18.0 Å². The Kier molecular flexibility index (Phi) is 6.38. The van der Waals surface area contributed by atoms with E-state index in [1.54, 1.807) is 12.1 Å². The summed E-state index contributed by atoms with van der Waals surface area (Å²) >= 11 is 0. The molecular weight excluding hydrogens is 457 g/mol. The second-order valence-corrected chi connectivity index (χ2v) is 9.13. The number of hydrogen-bond acceptors (Lipinski definition) is 6. The summed E-state index contributed by atoms with van der Waals surface area (Å²) in [5, 5.41) is 17.4. The van der Waals surface area contributed by atoms with Crippen molar-refractivity contribution in [2.75, 3.05) is 25.0 Å². The predicted octanol–water partition coefficient (Wildman–Crippen LogP) is 3.39. The van der Waals surface area contributed by atoms with Crippen molar-refractivity contribution in [2.24, 2.45) is 0 Å². The van der Waals surface area contributed by atoms with Gasteiger partial charge in [0.25, 0.3) is 5.91 Å². The normalized spacial score (nSPS) is 23.5. The van der Waals surface area contributed by atoms with Crippen LogP contribution in [0, 0.1) is 11.6 Å². The molecule has 0 unspecified atom stereocenters. The van der Waals surface area contributed by atoms with Gasteiger partial charge in [0.1, 0.15) is 23.6 Å². The first kappa shape index (κ1) is 23.2. The van der Waals surface area contributed by atoms with E-state index in [0.29, 0.717) is 17.9 Å². The number of nitrogens with one attached hydrogen (secondary N) is 3. The number of rotatable bonds is 7. The molecule has 1 aromatic carbocycles. The molecule has 1 amide bonds. The smallest absolute Gasteiger partial charge is 0.251 e. The number of carbonyl (C=O) groups excluding carboxylic acids is 1. The van der Waals surface area contributed by atoms with Gasteiger partial charge in [-0.15, -0.1) is 10.2 Å². The van der Waals surface area contributed by atoms with Crippen molar-refractivity contribution in [1.82, 2.24) is 25.8 Å². The number of hydrogen-bond donors (Lipinski definition) is 3. The summed E-state index contributed by atoms with van der Waals surface area (Å²) in [5.74, 6) is -0.877. The zero-order valence-corrected chi connectivity index (χ0v) is 18.9. The predicted molar refractivity (Wildman–Crippen MR) is 125 cm³/mol. The zero-order chi connectivity index (χ0) is 24.4. The topological polar surface area (TPSA) is 91.8 Å². The second-order valence-electron chi connectivity index (χ2n) is 9.13. The van der Waals surface area contributed by atoms with Crippen molar-refractivity contribution in [3.05, 3.63) is 71.6 Å². The Balaban J connectivity index is 1.29. The van der Waals surface area contributed by atoms with Gasteiger partial charge in [-0.25, -0.2) is 13.2 Å². The molecule has 3 heterocycles. The minimum Gasteiger partial charge on any atom is -0.368 e. The van der Waals surface area contributed by atoms with E-state index in [1.807, 2.05) is 0 Å². The standard InChI is InChI=1S/C25H25F3N6O/c26-16-11-25(12-16,23-20(28)2-1-8-30-23)14-31-22-6-5-21(33-34-22)18-10-15(3-4-19(18)27)24(35)32-17-7-9-29-13-17/h1-6,8,10,16-17,29H,7,9,11-14H2,(H,31,34)(H,32,35)/t16?,17-,25?/m0/s1. The molecule has 2 fully saturated rings. The SMILES string of the molecule is O=C(N[C@H]1CCNC1)c1ccc(F)c(-c2ccc(NCC3(c4ncccc4F)CC(F)C3)nn2)c1. The number of halogens is 3. The maximum absolute atomic E-state index is 14.5. The van der Waals surface area contributed by atoms with Gasteiger partial charge in [0, 0.05) is 41.9 Å². The number of pyridine rings is 1. The highest BCUT2D eigenvalue weighted by molar-refractivity contribution is 5.95. The van der Waals surface area contributed by atoms with E-state index >= 15 is 0 Å². The molecule has 1 saturated heterocycles. The zero-order valence-electron chi connectivity index (χ0n) is 18.9. The second kappa shape index (κ2) is 9.61. The summed E-state index contributed by atoms with van der Waals surface area (Å²) in [6.45, 7) is 1.79. The van der Waals surface area contributed by atoms with Gasteiger partial charge in [-0.05, 0) is 68.3 Å². The fraction of sp³-hybridized carbons (Fsp3) is 0.360. The van der Waals surface area contributed by atoms with Crippen LogP contribution in [-0.4, -0.2) is 52.9 Å². The lowest BCUT2D eigenvalue weighted by molar-refractivity contribution is 0.0939. The van der Waals surface area contributed by atoms with Crippen LogP contribution in [0.15, 0.2) is 48.7 Å². The third-order valence-electron chi connectivity index (χ3n) is 6.66. The molecule has 7 nitrogen and oxygen atoms in total. The van der Waals surface area contributed by atoms with Gasteiger partial charge in [0.2, 0.25) is 0 Å². The molecule has 0 radical (unpaired) electrons. The van der Waals surface area contributed by atoms with Crippen LogP contribution < -0.4 is 16.0 Å². The Morgan fingerprint density at radius 2 is 1.97 bits per heavy atom. The Bertz CT molecular complexity index is 1210. The summed E-state index contributed by atoms with van der Waals surface area (Å²) < 4.78 is 42.6. The first-order chi connectivity index (χ1) is 16.9. The van der Waals surface area contributed by atoms with Crippen LogP contribution in [0.1, 0.15) is 35.3 Å². The van der Waals surface area contributed by atoms with Crippen molar-refractivity contribution >= 4 is 11.7 Å². The molecular formula is C25H25F3N6O. The van der Waals surface area contributed by atoms with E-state index in [2.05, 4.69) is 31.1 Å². The maximum Gasteiger partial charge on any atom is 0.251 e. The summed E-state index contributed by atoms with van der Waals surface area (Å²) in [4.78, 5) is 16.7. The Morgan fingerprint density at radius 3 is 2.66 bits per heavy atom. The van der Waals surface area contributed by atoms with E-state index in [0.717, 1.165) is 13.0 Å². The molecule has 1 saturated carbocycles. The first-order valence-electron chi connectivity index (χ1n) is 11.6. The van der Waals surface area contributed by atoms with Crippen molar-refractivity contribution in [2.45, 2.75) is 36.9 Å². The molecule has 182 valence electrons. The van der Waals surface area contributed by atoms with Gasteiger partial charge >= 0.3 is 0 Å². The Labute approximate surface area is 200 Å². The third kappa shape index (κ3) is 4.84. The highest BCUT2D eigenvalue weighted by Crippen LogP contribution is 2.45. The lowest BCUT2D eigenvalue weighted by Crippen LogP contribution is -2.49. The molecule has 1 aliphatic heterocycles. The minimum atomic E-state index is -1.01. The van der Waals surface area contributed by atoms with E-state index in [-0.39, 0.29) is 48.3 Å². The Hall–Kier alpha value is -3.53. The van der Waals surface area contributed by atoms with Gasteiger partial charge in [0.05, 0.1) is 11.4 Å². The van der Waals surface area contributed by atoms with Gasteiger partial charge < -0.3 is 16.0 Å². The highest BCUT2D eigenvalue weighted by atomic mass is 19.1. The maximum atomic E-state index is 14.5. The lowest BCUT2D eigenvalue weighted by atomic mass is 9.65. The number of aromatic nitrogens is 3. The summed E-state index contributed by atoms with van der Waals surface area (Å²) in [7, 11) is 0. The largest absolute Gasteiger partial charge is 0.368 e. The van der Waals surface area contributed by atoms with E-state index in [9.17, 15) is 18.0 Å². The van der Waals surface area contributed by atoms with E-state index < -0.39 is 23.2 Å². The molecule has 3 N–H and O–H groups in total. The van der Waals surface area contributed by atoms with Crippen LogP contribution in [0.4, 0.5) is 19.0 Å². The monoisotopic (exact) mass is 482 g/mol. The molecule has 3 aromatic rings. The number of amides is 1. The van der Waals surface area contributed by atoms with Crippen LogP contribution >= 0.6 is 0 Å². The van der Waals surface area contributed by atoms with Gasteiger partial charge in [0.15, 0.2) is 0 Å². The van der Waals surface area contributed by atoms with E-state index in [1.165, 1.54) is 36.5 Å². The van der Waals surface area contributed by atoms with Crippen molar-refractivity contribution in [1.29, 1.82) is 0 Å². The fourth-order valence-electron chi connectivity index (χ4n) is 4.72. The molecule has 2 aliphatic rings. The molecule has 1 atom stereocenters. The molecule has 35 heavy (non-hydrogen) atoms. The highest BCUT2D eigenvalue weighted by Gasteiger charge is 2.48. The molecule has 1 aliphatic carbocycles. The van der Waals surface area contributed by atoms with Gasteiger partial charge in [-0.3, -0.25) is 9.78 Å². The lowest BCUT2D eigenvalue weighted by Gasteiger charge is -2.44. The Morgan fingerprint density at radius 1 is 1.11 bits per heavy atom. The first-order valence-corrected chi connectivity index (χ1v) is 11.6. The molecule has 0 bridgehead atoms. The minimum absolute atomic E-state index is 0.0485. The number of benzene rings is 1. The number of anilines is 1. The molecule has 10 heteroatoms. The third-order valence-corrected chi connectivity index (χ3v) is 6.66. The van der Waals surface area contributed by atoms with Crippen LogP contribution in [0.3, 0.4) is 0 Å². The van der Waals surface area contributed by atoms with Gasteiger partial charge in [-0.1, -0.05) is 0 Å². The van der Waals surface area contributed by atoms with Crippen molar-refractivity contribution in [3.8, 4) is 11.3 Å². The van der Waals surface area contributed by atoms with E-state index in [4.69, 9.17) is 0 Å². The quantitative estimate of drug-likeness (QED) is 0.478. The van der Waals surface area contributed by atoms with Gasteiger partial charge in [-0.2, -0.15) is 0 Å². The van der Waals surface area contributed by atoms with Crippen LogP contribution in [0.5, 0.6) is 0 Å².